The van der Waals surface area contributed by atoms with Crippen LogP contribution in [0.2, 0.25) is 5.02 Å². The van der Waals surface area contributed by atoms with Gasteiger partial charge in [-0.05, 0) is 12.8 Å². The lowest BCUT2D eigenvalue weighted by atomic mass is 9.94. The van der Waals surface area contributed by atoms with E-state index in [0.717, 1.165) is 37.6 Å². The quantitative estimate of drug-likeness (QED) is 0.875. The molecule has 1 aliphatic rings. The third-order valence-corrected chi connectivity index (χ3v) is 3.64. The van der Waals surface area contributed by atoms with E-state index in [-0.39, 0.29) is 0 Å². The highest BCUT2D eigenvalue weighted by Gasteiger charge is 2.23. The summed E-state index contributed by atoms with van der Waals surface area (Å²) in [5.41, 5.74) is 6.75. The average Bonchev–Trinajstić information content (AvgIpc) is 2.87. The number of nitrogens with zero attached hydrogens (tertiary/aromatic N) is 4. The molecule has 0 radical (unpaired) electrons. The van der Waals surface area contributed by atoms with Crippen LogP contribution >= 0.6 is 11.6 Å². The van der Waals surface area contributed by atoms with Crippen LogP contribution in [0.3, 0.4) is 0 Å². The second kappa shape index (κ2) is 5.05. The second-order valence-corrected chi connectivity index (χ2v) is 5.15. The van der Waals surface area contributed by atoms with Crippen LogP contribution in [0.4, 0.5) is 11.8 Å². The van der Waals surface area contributed by atoms with E-state index in [1.165, 1.54) is 0 Å². The fraction of sp³-hybridized carbons (Fsp3) is 0.417. The molecule has 2 aromatic heterocycles. The van der Waals surface area contributed by atoms with Gasteiger partial charge in [-0.25, -0.2) is 9.97 Å². The molecule has 0 aliphatic carbocycles. The highest BCUT2D eigenvalue weighted by Crippen LogP contribution is 2.28. The molecule has 6 nitrogen and oxygen atoms in total. The van der Waals surface area contributed by atoms with Crippen molar-refractivity contribution in [2.45, 2.75) is 18.8 Å². The second-order valence-electron chi connectivity index (χ2n) is 4.71. The maximum atomic E-state index is 5.79. The summed E-state index contributed by atoms with van der Waals surface area (Å²) < 4.78 is 0. The number of halogens is 1. The molecule has 0 bridgehead atoms. The van der Waals surface area contributed by atoms with Crippen molar-refractivity contribution < 1.29 is 0 Å². The Morgan fingerprint density at radius 2 is 1.95 bits per heavy atom. The molecule has 3 rings (SSSR count). The topological polar surface area (TPSA) is 83.7 Å². The molecule has 1 aliphatic heterocycles. The summed E-state index contributed by atoms with van der Waals surface area (Å²) in [4.78, 5) is 10.7. The smallest absolute Gasteiger partial charge is 0.225 e. The monoisotopic (exact) mass is 278 g/mol. The highest BCUT2D eigenvalue weighted by molar-refractivity contribution is 6.30. The zero-order chi connectivity index (χ0) is 13.2. The van der Waals surface area contributed by atoms with Gasteiger partial charge in [0.15, 0.2) is 0 Å². The fourth-order valence-corrected chi connectivity index (χ4v) is 2.52. The normalized spacial score (nSPS) is 16.8. The number of nitrogen functional groups attached to an aromatic ring is 1. The largest absolute Gasteiger partial charge is 0.382 e. The Balaban J connectivity index is 1.64. The van der Waals surface area contributed by atoms with Crippen LogP contribution in [0.1, 0.15) is 24.5 Å². The number of aromatic nitrogens is 4. The summed E-state index contributed by atoms with van der Waals surface area (Å²) in [6.45, 7) is 1.84. The first kappa shape index (κ1) is 12.2. The van der Waals surface area contributed by atoms with Gasteiger partial charge in [0, 0.05) is 30.8 Å². The van der Waals surface area contributed by atoms with E-state index in [1.54, 1.807) is 12.4 Å². The van der Waals surface area contributed by atoms with Gasteiger partial charge in [0.25, 0.3) is 0 Å². The first-order valence-corrected chi connectivity index (χ1v) is 6.63. The van der Waals surface area contributed by atoms with E-state index in [2.05, 4.69) is 25.1 Å². The Morgan fingerprint density at radius 1 is 1.26 bits per heavy atom. The molecular formula is C12H15ClN6. The molecule has 0 atom stereocenters. The Bertz CT molecular complexity index is 544. The third-order valence-electron chi connectivity index (χ3n) is 3.44. The summed E-state index contributed by atoms with van der Waals surface area (Å²) in [5.74, 6) is 1.78. The molecule has 1 saturated heterocycles. The number of H-pyrrole nitrogens is 1. The minimum atomic E-state index is 0.480. The van der Waals surface area contributed by atoms with Gasteiger partial charge in [-0.2, -0.15) is 5.10 Å². The number of nitrogens with one attached hydrogen (secondary N) is 1. The first-order chi connectivity index (χ1) is 9.22. The van der Waals surface area contributed by atoms with Crippen molar-refractivity contribution in [2.24, 2.45) is 0 Å². The van der Waals surface area contributed by atoms with Crippen LogP contribution in [0.15, 0.2) is 18.5 Å². The highest BCUT2D eigenvalue weighted by atomic mass is 35.5. The summed E-state index contributed by atoms with van der Waals surface area (Å²) >= 11 is 5.79. The third kappa shape index (κ3) is 2.63. The number of aromatic amines is 1. The van der Waals surface area contributed by atoms with Gasteiger partial charge in [0.1, 0.15) is 5.82 Å². The molecule has 0 amide bonds. The lowest BCUT2D eigenvalue weighted by Gasteiger charge is -2.31. The first-order valence-electron chi connectivity index (χ1n) is 6.25. The van der Waals surface area contributed by atoms with Crippen molar-refractivity contribution in [3.05, 3.63) is 29.2 Å². The zero-order valence-corrected chi connectivity index (χ0v) is 11.1. The van der Waals surface area contributed by atoms with Gasteiger partial charge in [0.2, 0.25) is 5.95 Å². The predicted octanol–water partition coefficient (Wildman–Crippen LogP) is 1.82. The molecule has 0 unspecified atom stereocenters. The minimum Gasteiger partial charge on any atom is -0.382 e. The van der Waals surface area contributed by atoms with Crippen molar-refractivity contribution in [3.63, 3.8) is 0 Å². The molecule has 0 spiro atoms. The molecule has 19 heavy (non-hydrogen) atoms. The molecule has 1 fully saturated rings. The maximum Gasteiger partial charge on any atom is 0.225 e. The lowest BCUT2D eigenvalue weighted by molar-refractivity contribution is 0.490. The van der Waals surface area contributed by atoms with Gasteiger partial charge in [-0.1, -0.05) is 11.6 Å². The summed E-state index contributed by atoms with van der Waals surface area (Å²) in [6, 6.07) is 1.92. The number of nitrogens with two attached hydrogens (primary N) is 1. The molecule has 100 valence electrons. The molecule has 0 aromatic carbocycles. The van der Waals surface area contributed by atoms with Gasteiger partial charge in [-0.15, -0.1) is 0 Å². The Hall–Kier alpha value is -1.82. The maximum absolute atomic E-state index is 5.79. The van der Waals surface area contributed by atoms with E-state index in [1.807, 2.05) is 6.07 Å². The number of hydrogen-bond acceptors (Lipinski definition) is 5. The van der Waals surface area contributed by atoms with Crippen LogP contribution in [0.25, 0.3) is 0 Å². The summed E-state index contributed by atoms with van der Waals surface area (Å²) in [7, 11) is 0. The minimum absolute atomic E-state index is 0.480. The zero-order valence-electron chi connectivity index (χ0n) is 10.4. The van der Waals surface area contributed by atoms with E-state index in [9.17, 15) is 0 Å². The van der Waals surface area contributed by atoms with Gasteiger partial charge in [-0.3, -0.25) is 5.10 Å². The fourth-order valence-electron chi connectivity index (χ4n) is 2.42. The van der Waals surface area contributed by atoms with Crippen LogP contribution in [0.5, 0.6) is 0 Å². The van der Waals surface area contributed by atoms with Crippen molar-refractivity contribution in [1.29, 1.82) is 0 Å². The number of piperidine rings is 1. The lowest BCUT2D eigenvalue weighted by Crippen LogP contribution is -2.34. The van der Waals surface area contributed by atoms with E-state index >= 15 is 0 Å². The molecule has 3 heterocycles. The Morgan fingerprint density at radius 3 is 2.53 bits per heavy atom. The molecular weight excluding hydrogens is 264 g/mol. The van der Waals surface area contributed by atoms with Gasteiger partial charge in [0.05, 0.1) is 17.4 Å². The van der Waals surface area contributed by atoms with Gasteiger partial charge >= 0.3 is 0 Å². The molecule has 0 saturated carbocycles. The predicted molar refractivity (Wildman–Crippen MR) is 74.2 cm³/mol. The molecule has 7 heteroatoms. The van der Waals surface area contributed by atoms with Crippen LogP contribution in [-0.2, 0) is 0 Å². The standard InChI is InChI=1S/C12H15ClN6/c13-9-6-15-12(16-7-9)19-3-1-8(2-4-19)10-5-11(14)18-17-10/h5-8H,1-4H2,(H3,14,17,18). The number of hydrogen-bond donors (Lipinski definition) is 2. The Kier molecular flexibility index (Phi) is 3.25. The average molecular weight is 279 g/mol. The van der Waals surface area contributed by atoms with E-state index in [0.29, 0.717) is 16.8 Å². The van der Waals surface area contributed by atoms with Crippen molar-refractivity contribution in [3.8, 4) is 0 Å². The van der Waals surface area contributed by atoms with E-state index in [4.69, 9.17) is 17.3 Å². The molecule has 2 aromatic rings. The summed E-state index contributed by atoms with van der Waals surface area (Å²) in [6.07, 6.45) is 5.33. The van der Waals surface area contributed by atoms with Crippen LogP contribution < -0.4 is 10.6 Å². The number of rotatable bonds is 2. The van der Waals surface area contributed by atoms with Crippen molar-refractivity contribution in [2.75, 3.05) is 23.7 Å². The Labute approximate surface area is 116 Å². The van der Waals surface area contributed by atoms with Crippen LogP contribution in [-0.4, -0.2) is 33.3 Å². The SMILES string of the molecule is Nc1cc(C2CCN(c3ncc(Cl)cn3)CC2)[nH]n1. The molecule has 3 N–H and O–H groups in total. The number of anilines is 2. The summed E-state index contributed by atoms with van der Waals surface area (Å²) in [5, 5.41) is 7.54. The van der Waals surface area contributed by atoms with E-state index < -0.39 is 0 Å². The van der Waals surface area contributed by atoms with Gasteiger partial charge < -0.3 is 10.6 Å². The van der Waals surface area contributed by atoms with Crippen molar-refractivity contribution in [1.82, 2.24) is 20.2 Å². The van der Waals surface area contributed by atoms with Crippen LogP contribution in [0, 0.1) is 0 Å². The van der Waals surface area contributed by atoms with Crippen molar-refractivity contribution >= 4 is 23.4 Å².